The molecule has 0 spiro atoms. The molecule has 0 bridgehead atoms. The quantitative estimate of drug-likeness (QED) is 0.734. The maximum absolute atomic E-state index is 13.0. The van der Waals surface area contributed by atoms with E-state index >= 15 is 0 Å². The van der Waals surface area contributed by atoms with Crippen LogP contribution < -0.4 is 5.32 Å². The van der Waals surface area contributed by atoms with E-state index in [0.29, 0.717) is 16.9 Å². The molecule has 0 radical (unpaired) electrons. The Morgan fingerprint density at radius 3 is 2.62 bits per heavy atom. The first kappa shape index (κ1) is 16.3. The predicted octanol–water partition coefficient (Wildman–Crippen LogP) is 3.34. The van der Waals surface area contributed by atoms with E-state index in [1.165, 1.54) is 11.3 Å². The van der Waals surface area contributed by atoms with Crippen molar-refractivity contribution in [1.82, 2.24) is 20.0 Å². The van der Waals surface area contributed by atoms with Crippen molar-refractivity contribution >= 4 is 39.1 Å². The van der Waals surface area contributed by atoms with Crippen molar-refractivity contribution in [3.8, 4) is 5.69 Å². The molecule has 1 amide bonds. The van der Waals surface area contributed by atoms with Crippen LogP contribution in [-0.2, 0) is 0 Å². The zero-order valence-corrected chi connectivity index (χ0v) is 16.0. The minimum absolute atomic E-state index is 0.155. The second-order valence-corrected chi connectivity index (χ2v) is 8.66. The van der Waals surface area contributed by atoms with Crippen molar-refractivity contribution in [3.63, 3.8) is 0 Å². The highest BCUT2D eigenvalue weighted by Gasteiger charge is 2.38. The third-order valence-electron chi connectivity index (χ3n) is 5.50. The summed E-state index contributed by atoms with van der Waals surface area (Å²) in [7, 11) is 0. The third kappa shape index (κ3) is 2.55. The summed E-state index contributed by atoms with van der Waals surface area (Å²) in [6.45, 7) is 5.79. The van der Waals surface area contributed by atoms with Gasteiger partial charge in [0.15, 0.2) is 0 Å². The molecule has 2 fully saturated rings. The summed E-state index contributed by atoms with van der Waals surface area (Å²) >= 11 is 7.53. The summed E-state index contributed by atoms with van der Waals surface area (Å²) in [5.41, 5.74) is 1.89. The number of amides is 1. The first-order chi connectivity index (χ1) is 12.6. The monoisotopic (exact) mass is 386 g/mol. The fourth-order valence-electron chi connectivity index (χ4n) is 4.09. The molecule has 2 aliphatic rings. The maximum atomic E-state index is 13.0. The normalized spacial score (nSPS) is 22.3. The van der Waals surface area contributed by atoms with Gasteiger partial charge in [-0.2, -0.15) is 5.10 Å². The van der Waals surface area contributed by atoms with Crippen LogP contribution >= 0.6 is 22.9 Å². The van der Waals surface area contributed by atoms with Crippen LogP contribution in [0.5, 0.6) is 0 Å². The molecule has 3 aromatic rings. The Bertz CT molecular complexity index is 981. The molecule has 4 heterocycles. The number of rotatable bonds is 2. The van der Waals surface area contributed by atoms with Crippen LogP contribution in [0.3, 0.4) is 0 Å². The van der Waals surface area contributed by atoms with Gasteiger partial charge in [-0.25, -0.2) is 4.68 Å². The lowest BCUT2D eigenvalue weighted by Gasteiger charge is -2.16. The summed E-state index contributed by atoms with van der Waals surface area (Å²) in [5, 5.41) is 9.82. The number of thiophene rings is 1. The van der Waals surface area contributed by atoms with Crippen molar-refractivity contribution in [2.45, 2.75) is 6.92 Å². The number of hydrogen-bond donors (Lipinski definition) is 1. The van der Waals surface area contributed by atoms with Crippen LogP contribution in [0.15, 0.2) is 30.3 Å². The highest BCUT2D eigenvalue weighted by molar-refractivity contribution is 7.20. The third-order valence-corrected chi connectivity index (χ3v) is 6.85. The maximum Gasteiger partial charge on any atom is 0.264 e. The Morgan fingerprint density at radius 1 is 1.23 bits per heavy atom. The lowest BCUT2D eigenvalue weighted by atomic mass is 10.0. The van der Waals surface area contributed by atoms with Gasteiger partial charge in [-0.1, -0.05) is 11.6 Å². The molecule has 0 unspecified atom stereocenters. The Kier molecular flexibility index (Phi) is 3.81. The summed E-state index contributed by atoms with van der Waals surface area (Å²) in [6, 6.07) is 9.62. The molecule has 134 valence electrons. The second kappa shape index (κ2) is 6.08. The fraction of sp³-hybridized carbons (Fsp3) is 0.368. The number of nitrogens with one attached hydrogen (secondary N) is 1. The molecule has 5 rings (SSSR count). The van der Waals surface area contributed by atoms with Crippen LogP contribution in [0, 0.1) is 18.8 Å². The molecular weight excluding hydrogens is 368 g/mol. The van der Waals surface area contributed by atoms with Gasteiger partial charge in [-0.05, 0) is 49.1 Å². The summed E-state index contributed by atoms with van der Waals surface area (Å²) in [6.07, 6.45) is 0. The molecule has 2 aromatic heterocycles. The zero-order valence-electron chi connectivity index (χ0n) is 14.4. The number of fused-ring (bicyclic) bond motifs is 2. The first-order valence-corrected chi connectivity index (χ1v) is 10.0. The van der Waals surface area contributed by atoms with E-state index in [9.17, 15) is 4.79 Å². The smallest absolute Gasteiger partial charge is 0.264 e. The molecule has 1 N–H and O–H groups in total. The molecule has 5 nitrogen and oxygen atoms in total. The number of carbonyl (C=O) groups is 1. The largest absolute Gasteiger partial charge is 0.337 e. The van der Waals surface area contributed by atoms with Gasteiger partial charge in [0.05, 0.1) is 16.3 Å². The van der Waals surface area contributed by atoms with Gasteiger partial charge in [0.2, 0.25) is 0 Å². The number of benzene rings is 1. The van der Waals surface area contributed by atoms with Crippen molar-refractivity contribution in [1.29, 1.82) is 0 Å². The Balaban J connectivity index is 1.49. The van der Waals surface area contributed by atoms with Crippen LogP contribution in [0.1, 0.15) is 15.4 Å². The highest BCUT2D eigenvalue weighted by Crippen LogP contribution is 2.33. The van der Waals surface area contributed by atoms with Crippen molar-refractivity contribution in [2.24, 2.45) is 11.8 Å². The fourth-order valence-corrected chi connectivity index (χ4v) is 5.36. The van der Waals surface area contributed by atoms with Crippen molar-refractivity contribution in [3.05, 3.63) is 45.9 Å². The minimum atomic E-state index is 0.155. The van der Waals surface area contributed by atoms with E-state index in [4.69, 9.17) is 11.6 Å². The Labute approximate surface area is 160 Å². The molecule has 2 saturated heterocycles. The number of carbonyl (C=O) groups excluding carboxylic acids is 1. The first-order valence-electron chi connectivity index (χ1n) is 8.85. The van der Waals surface area contributed by atoms with Gasteiger partial charge in [0, 0.05) is 36.6 Å². The van der Waals surface area contributed by atoms with Gasteiger partial charge in [0.25, 0.3) is 5.91 Å². The summed E-state index contributed by atoms with van der Waals surface area (Å²) < 4.78 is 1.91. The number of aromatic nitrogens is 2. The standard InChI is InChI=1S/C19H19ClN4OS/c1-11-16-6-17(18(25)23-9-12-7-21-8-13(12)10-23)26-19(16)24(22-11)15-4-2-14(20)3-5-15/h2-6,12-13,21H,7-10H2,1H3/t12-,13+. The van der Waals surface area contributed by atoms with Crippen LogP contribution in [-0.4, -0.2) is 46.8 Å². The van der Waals surface area contributed by atoms with E-state index in [-0.39, 0.29) is 5.91 Å². The summed E-state index contributed by atoms with van der Waals surface area (Å²) in [4.78, 5) is 16.9. The molecule has 0 aliphatic carbocycles. The number of hydrogen-bond acceptors (Lipinski definition) is 4. The van der Waals surface area contributed by atoms with Crippen LogP contribution in [0.2, 0.25) is 5.02 Å². The lowest BCUT2D eigenvalue weighted by molar-refractivity contribution is 0.0786. The van der Waals surface area contributed by atoms with E-state index < -0.39 is 0 Å². The van der Waals surface area contributed by atoms with Crippen molar-refractivity contribution in [2.75, 3.05) is 26.2 Å². The number of likely N-dealkylation sites (tertiary alicyclic amines) is 1. The Morgan fingerprint density at radius 2 is 1.92 bits per heavy atom. The Hall–Kier alpha value is -1.89. The molecule has 2 aliphatic heterocycles. The second-order valence-electron chi connectivity index (χ2n) is 7.19. The number of nitrogens with zero attached hydrogens (tertiary/aromatic N) is 3. The highest BCUT2D eigenvalue weighted by atomic mass is 35.5. The molecule has 7 heteroatoms. The topological polar surface area (TPSA) is 50.2 Å². The molecule has 0 saturated carbocycles. The van der Waals surface area contributed by atoms with E-state index in [2.05, 4.69) is 10.4 Å². The van der Waals surface area contributed by atoms with E-state index in [1.807, 2.05) is 46.8 Å². The average Bonchev–Trinajstić information content (AvgIpc) is 3.36. The minimum Gasteiger partial charge on any atom is -0.337 e. The van der Waals surface area contributed by atoms with Gasteiger partial charge in [0.1, 0.15) is 4.83 Å². The van der Waals surface area contributed by atoms with Gasteiger partial charge < -0.3 is 10.2 Å². The SMILES string of the molecule is Cc1nn(-c2ccc(Cl)cc2)c2sc(C(=O)N3C[C@H]4CNC[C@H]4C3)cc12. The van der Waals surface area contributed by atoms with E-state index in [1.54, 1.807) is 0 Å². The van der Waals surface area contributed by atoms with Gasteiger partial charge in [-0.3, -0.25) is 4.79 Å². The number of aryl methyl sites for hydroxylation is 1. The predicted molar refractivity (Wildman–Crippen MR) is 104 cm³/mol. The number of halogens is 1. The summed E-state index contributed by atoms with van der Waals surface area (Å²) in [5.74, 6) is 1.38. The lowest BCUT2D eigenvalue weighted by Crippen LogP contribution is -2.31. The van der Waals surface area contributed by atoms with Gasteiger partial charge in [-0.15, -0.1) is 11.3 Å². The van der Waals surface area contributed by atoms with Crippen LogP contribution in [0.25, 0.3) is 15.9 Å². The van der Waals surface area contributed by atoms with Crippen molar-refractivity contribution < 1.29 is 4.79 Å². The molecular formula is C19H19ClN4OS. The molecule has 26 heavy (non-hydrogen) atoms. The zero-order chi connectivity index (χ0) is 17.8. The van der Waals surface area contributed by atoms with Gasteiger partial charge >= 0.3 is 0 Å². The average molecular weight is 387 g/mol. The van der Waals surface area contributed by atoms with E-state index in [0.717, 1.165) is 52.7 Å². The van der Waals surface area contributed by atoms with Crippen LogP contribution in [0.4, 0.5) is 0 Å². The molecule has 1 aromatic carbocycles. The molecule has 2 atom stereocenters.